The highest BCUT2D eigenvalue weighted by atomic mass is 16.3. The lowest BCUT2D eigenvalue weighted by Crippen LogP contribution is -2.36. The summed E-state index contributed by atoms with van der Waals surface area (Å²) in [4.78, 5) is 2.29. The lowest BCUT2D eigenvalue weighted by atomic mass is 9.82. The van der Waals surface area contributed by atoms with Crippen LogP contribution in [0.3, 0.4) is 0 Å². The summed E-state index contributed by atoms with van der Waals surface area (Å²) < 4.78 is 1.91. The zero-order valence-electron chi connectivity index (χ0n) is 11.8. The summed E-state index contributed by atoms with van der Waals surface area (Å²) in [6, 6.07) is 12.2. The second-order valence-corrected chi connectivity index (χ2v) is 5.78. The van der Waals surface area contributed by atoms with Gasteiger partial charge in [0.15, 0.2) is 0 Å². The lowest BCUT2D eigenvalue weighted by Gasteiger charge is -2.34. The average Bonchev–Trinajstić information content (AvgIpc) is 2.86. The van der Waals surface area contributed by atoms with E-state index in [2.05, 4.69) is 35.2 Å². The highest BCUT2D eigenvalue weighted by Crippen LogP contribution is 2.27. The third-order valence-electron chi connectivity index (χ3n) is 3.88. The summed E-state index contributed by atoms with van der Waals surface area (Å²) in [6.07, 6.45) is 3.84. The van der Waals surface area contributed by atoms with Crippen LogP contribution in [0.2, 0.25) is 0 Å². The molecule has 4 nitrogen and oxygen atoms in total. The van der Waals surface area contributed by atoms with Crippen LogP contribution in [0, 0.1) is 5.92 Å². The van der Waals surface area contributed by atoms with E-state index in [0.717, 1.165) is 37.3 Å². The van der Waals surface area contributed by atoms with Gasteiger partial charge in [-0.2, -0.15) is 5.10 Å². The highest BCUT2D eigenvalue weighted by Gasteiger charge is 2.27. The first-order valence-electron chi connectivity index (χ1n) is 7.17. The van der Waals surface area contributed by atoms with Crippen LogP contribution in [0.4, 0.5) is 0 Å². The van der Waals surface area contributed by atoms with E-state index >= 15 is 0 Å². The Hall–Kier alpha value is -1.65. The number of hydrogen-bond acceptors (Lipinski definition) is 3. The van der Waals surface area contributed by atoms with Gasteiger partial charge in [-0.3, -0.25) is 0 Å². The third-order valence-corrected chi connectivity index (χ3v) is 3.88. The Morgan fingerprint density at radius 2 is 2.00 bits per heavy atom. The van der Waals surface area contributed by atoms with E-state index in [9.17, 15) is 5.11 Å². The van der Waals surface area contributed by atoms with E-state index in [0.29, 0.717) is 5.92 Å². The molecular formula is C16H21N3O. The van der Waals surface area contributed by atoms with Crippen molar-refractivity contribution in [2.45, 2.75) is 25.5 Å². The summed E-state index contributed by atoms with van der Waals surface area (Å²) in [5.41, 5.74) is 2.17. The minimum absolute atomic E-state index is 0.0642. The second kappa shape index (κ2) is 5.77. The van der Waals surface area contributed by atoms with Crippen molar-refractivity contribution in [3.8, 4) is 5.69 Å². The highest BCUT2D eigenvalue weighted by molar-refractivity contribution is 5.30. The minimum atomic E-state index is -0.0642. The Morgan fingerprint density at radius 1 is 1.25 bits per heavy atom. The monoisotopic (exact) mass is 271 g/mol. The molecule has 1 saturated carbocycles. The number of rotatable bonds is 5. The lowest BCUT2D eigenvalue weighted by molar-refractivity contribution is 0.0272. The molecule has 106 valence electrons. The number of benzene rings is 1. The third kappa shape index (κ3) is 3.08. The standard InChI is InChI=1S/C16H21N3O/c1-18(11-13-9-16(20)10-13)12-14-7-8-19(17-14)15-5-3-2-4-6-15/h2-8,13,16,20H,9-12H2,1H3. The van der Waals surface area contributed by atoms with Gasteiger partial charge in [0.1, 0.15) is 0 Å². The van der Waals surface area contributed by atoms with Crippen molar-refractivity contribution < 1.29 is 5.11 Å². The molecule has 1 aliphatic rings. The van der Waals surface area contributed by atoms with Gasteiger partial charge in [-0.1, -0.05) is 18.2 Å². The molecule has 0 aliphatic heterocycles. The quantitative estimate of drug-likeness (QED) is 0.905. The minimum Gasteiger partial charge on any atom is -0.393 e. The molecule has 20 heavy (non-hydrogen) atoms. The van der Waals surface area contributed by atoms with Gasteiger partial charge >= 0.3 is 0 Å². The first-order valence-corrected chi connectivity index (χ1v) is 7.17. The SMILES string of the molecule is CN(Cc1ccn(-c2ccccc2)n1)CC1CC(O)C1. The summed E-state index contributed by atoms with van der Waals surface area (Å²) in [5, 5.41) is 13.9. The molecule has 0 saturated heterocycles. The van der Waals surface area contributed by atoms with Crippen molar-refractivity contribution in [3.05, 3.63) is 48.3 Å². The Morgan fingerprint density at radius 3 is 2.70 bits per heavy atom. The second-order valence-electron chi connectivity index (χ2n) is 5.78. The maximum Gasteiger partial charge on any atom is 0.0769 e. The van der Waals surface area contributed by atoms with Gasteiger partial charge in [0, 0.05) is 19.3 Å². The Balaban J connectivity index is 1.57. The number of nitrogens with zero attached hydrogens (tertiary/aromatic N) is 3. The van der Waals surface area contributed by atoms with Gasteiger partial charge in [-0.25, -0.2) is 4.68 Å². The normalized spacial score (nSPS) is 21.9. The first-order chi connectivity index (χ1) is 9.70. The topological polar surface area (TPSA) is 41.3 Å². The zero-order chi connectivity index (χ0) is 13.9. The van der Waals surface area contributed by atoms with E-state index in [1.165, 1.54) is 0 Å². The van der Waals surface area contributed by atoms with E-state index in [1.54, 1.807) is 0 Å². The van der Waals surface area contributed by atoms with Gasteiger partial charge in [0.25, 0.3) is 0 Å². The molecule has 1 fully saturated rings. The Bertz CT molecular complexity index is 546. The zero-order valence-corrected chi connectivity index (χ0v) is 11.8. The van der Waals surface area contributed by atoms with Crippen molar-refractivity contribution in [2.75, 3.05) is 13.6 Å². The van der Waals surface area contributed by atoms with Crippen LogP contribution < -0.4 is 0 Å². The summed E-state index contributed by atoms with van der Waals surface area (Å²) in [5.74, 6) is 0.645. The van der Waals surface area contributed by atoms with Crippen molar-refractivity contribution in [2.24, 2.45) is 5.92 Å². The van der Waals surface area contributed by atoms with Crippen LogP contribution in [0.15, 0.2) is 42.6 Å². The molecule has 0 bridgehead atoms. The van der Waals surface area contributed by atoms with Gasteiger partial charge in [-0.15, -0.1) is 0 Å². The van der Waals surface area contributed by atoms with Crippen LogP contribution in [-0.2, 0) is 6.54 Å². The molecule has 0 atom stereocenters. The number of aliphatic hydroxyl groups is 1. The largest absolute Gasteiger partial charge is 0.393 e. The van der Waals surface area contributed by atoms with Crippen LogP contribution in [0.1, 0.15) is 18.5 Å². The van der Waals surface area contributed by atoms with E-state index in [-0.39, 0.29) is 6.10 Å². The molecule has 1 aromatic carbocycles. The van der Waals surface area contributed by atoms with Gasteiger partial charge in [0.2, 0.25) is 0 Å². The smallest absolute Gasteiger partial charge is 0.0769 e. The van der Waals surface area contributed by atoms with Gasteiger partial charge in [-0.05, 0) is 44.0 Å². The fourth-order valence-corrected chi connectivity index (χ4v) is 2.80. The van der Waals surface area contributed by atoms with Crippen molar-refractivity contribution in [1.29, 1.82) is 0 Å². The number of para-hydroxylation sites is 1. The van der Waals surface area contributed by atoms with Crippen LogP contribution in [0.5, 0.6) is 0 Å². The molecule has 3 rings (SSSR count). The summed E-state index contributed by atoms with van der Waals surface area (Å²) in [7, 11) is 2.12. The Labute approximate surface area is 119 Å². The molecule has 0 amide bonds. The molecule has 1 aromatic heterocycles. The van der Waals surface area contributed by atoms with Crippen molar-refractivity contribution >= 4 is 0 Å². The number of hydrogen-bond donors (Lipinski definition) is 1. The Kier molecular flexibility index (Phi) is 3.85. The van der Waals surface area contributed by atoms with E-state index in [4.69, 9.17) is 0 Å². The molecule has 1 aliphatic carbocycles. The fourth-order valence-electron chi connectivity index (χ4n) is 2.80. The molecular weight excluding hydrogens is 250 g/mol. The molecule has 1 N–H and O–H groups in total. The number of aliphatic hydroxyl groups excluding tert-OH is 1. The van der Waals surface area contributed by atoms with Crippen LogP contribution in [-0.4, -0.2) is 39.5 Å². The predicted molar refractivity (Wildman–Crippen MR) is 78.6 cm³/mol. The molecule has 0 spiro atoms. The van der Waals surface area contributed by atoms with Gasteiger partial charge < -0.3 is 10.0 Å². The average molecular weight is 271 g/mol. The fraction of sp³-hybridized carbons (Fsp3) is 0.438. The molecule has 4 heteroatoms. The number of aromatic nitrogens is 2. The van der Waals surface area contributed by atoms with Crippen LogP contribution >= 0.6 is 0 Å². The van der Waals surface area contributed by atoms with Crippen molar-refractivity contribution in [1.82, 2.24) is 14.7 Å². The maximum atomic E-state index is 9.32. The van der Waals surface area contributed by atoms with Gasteiger partial charge in [0.05, 0.1) is 17.5 Å². The van der Waals surface area contributed by atoms with Crippen LogP contribution in [0.25, 0.3) is 5.69 Å². The summed E-state index contributed by atoms with van der Waals surface area (Å²) >= 11 is 0. The first kappa shape index (κ1) is 13.3. The molecule has 0 radical (unpaired) electrons. The molecule has 0 unspecified atom stereocenters. The predicted octanol–water partition coefficient (Wildman–Crippen LogP) is 2.07. The maximum absolute atomic E-state index is 9.32. The molecule has 1 heterocycles. The van der Waals surface area contributed by atoms with E-state index in [1.807, 2.05) is 29.1 Å². The van der Waals surface area contributed by atoms with E-state index < -0.39 is 0 Å². The van der Waals surface area contributed by atoms with Crippen molar-refractivity contribution in [3.63, 3.8) is 0 Å². The summed E-state index contributed by atoms with van der Waals surface area (Å²) in [6.45, 7) is 1.89. The molecule has 2 aromatic rings.